The summed E-state index contributed by atoms with van der Waals surface area (Å²) in [4.78, 5) is 12.1. The predicted molar refractivity (Wildman–Crippen MR) is 77.7 cm³/mol. The SMILES string of the molecule is Cc1nn([C@H](C)CC(=O)N[C@H]2CCCOC2)c(C)c1C. The van der Waals surface area contributed by atoms with Gasteiger partial charge in [-0.3, -0.25) is 9.48 Å². The van der Waals surface area contributed by atoms with Crippen LogP contribution in [0.15, 0.2) is 0 Å². The Morgan fingerprint density at radius 3 is 2.80 bits per heavy atom. The number of carbonyl (C=O) groups is 1. The van der Waals surface area contributed by atoms with Gasteiger partial charge < -0.3 is 10.1 Å². The summed E-state index contributed by atoms with van der Waals surface area (Å²) < 4.78 is 7.34. The lowest BCUT2D eigenvalue weighted by Gasteiger charge is -2.24. The number of amides is 1. The molecule has 0 aromatic carbocycles. The van der Waals surface area contributed by atoms with Gasteiger partial charge in [-0.1, -0.05) is 0 Å². The van der Waals surface area contributed by atoms with Gasteiger partial charge in [0.2, 0.25) is 5.91 Å². The molecule has 0 bridgehead atoms. The largest absolute Gasteiger partial charge is 0.379 e. The maximum absolute atomic E-state index is 12.1. The van der Waals surface area contributed by atoms with Crippen molar-refractivity contribution in [1.29, 1.82) is 0 Å². The minimum atomic E-state index is 0.0758. The molecule has 2 rings (SSSR count). The van der Waals surface area contributed by atoms with Crippen LogP contribution >= 0.6 is 0 Å². The van der Waals surface area contributed by atoms with Crippen LogP contribution in [-0.2, 0) is 9.53 Å². The summed E-state index contributed by atoms with van der Waals surface area (Å²) in [5.41, 5.74) is 3.39. The molecule has 0 aliphatic carbocycles. The number of aromatic nitrogens is 2. The fourth-order valence-corrected chi connectivity index (χ4v) is 2.67. The molecule has 1 N–H and O–H groups in total. The smallest absolute Gasteiger partial charge is 0.222 e. The average molecular weight is 279 g/mol. The van der Waals surface area contributed by atoms with E-state index in [1.54, 1.807) is 0 Å². The Labute approximate surface area is 120 Å². The minimum absolute atomic E-state index is 0.0758. The summed E-state index contributed by atoms with van der Waals surface area (Å²) in [6.45, 7) is 9.62. The van der Waals surface area contributed by atoms with Gasteiger partial charge in [0.15, 0.2) is 0 Å². The molecule has 5 nitrogen and oxygen atoms in total. The zero-order valence-electron chi connectivity index (χ0n) is 12.9. The van der Waals surface area contributed by atoms with Crippen LogP contribution in [0.5, 0.6) is 0 Å². The highest BCUT2D eigenvalue weighted by Crippen LogP contribution is 2.18. The summed E-state index contributed by atoms with van der Waals surface area (Å²) in [7, 11) is 0. The standard InChI is InChI=1S/C15H25N3O2/c1-10(18-13(4)11(2)12(3)17-18)8-15(19)16-14-6-5-7-20-9-14/h10,14H,5-9H2,1-4H3,(H,16,19)/t10-,14+/m1/s1. The van der Waals surface area contributed by atoms with Gasteiger partial charge >= 0.3 is 0 Å². The topological polar surface area (TPSA) is 56.2 Å². The zero-order chi connectivity index (χ0) is 14.7. The van der Waals surface area contributed by atoms with E-state index < -0.39 is 0 Å². The maximum atomic E-state index is 12.1. The van der Waals surface area contributed by atoms with Crippen LogP contribution in [0.1, 0.15) is 49.2 Å². The second kappa shape index (κ2) is 6.39. The van der Waals surface area contributed by atoms with Crippen molar-refractivity contribution in [3.05, 3.63) is 17.0 Å². The molecule has 1 saturated heterocycles. The van der Waals surface area contributed by atoms with Gasteiger partial charge in [0, 0.05) is 18.7 Å². The number of nitrogens with zero attached hydrogens (tertiary/aromatic N) is 2. The second-order valence-electron chi connectivity index (χ2n) is 5.78. The summed E-state index contributed by atoms with van der Waals surface area (Å²) in [5.74, 6) is 0.0817. The number of rotatable bonds is 4. The average Bonchev–Trinajstić information content (AvgIpc) is 2.67. The first-order valence-electron chi connectivity index (χ1n) is 7.38. The third kappa shape index (κ3) is 3.39. The van der Waals surface area contributed by atoms with Crippen LogP contribution in [0.4, 0.5) is 0 Å². The molecule has 1 aromatic rings. The predicted octanol–water partition coefficient (Wildman–Crippen LogP) is 2.05. The lowest BCUT2D eigenvalue weighted by molar-refractivity contribution is -0.123. The lowest BCUT2D eigenvalue weighted by atomic mass is 10.1. The number of nitrogens with one attached hydrogen (secondary N) is 1. The fraction of sp³-hybridized carbons (Fsp3) is 0.733. The van der Waals surface area contributed by atoms with Crippen molar-refractivity contribution >= 4 is 5.91 Å². The number of hydrogen-bond donors (Lipinski definition) is 1. The Morgan fingerprint density at radius 2 is 2.25 bits per heavy atom. The van der Waals surface area contributed by atoms with Crippen LogP contribution in [0, 0.1) is 20.8 Å². The number of ether oxygens (including phenoxy) is 1. The minimum Gasteiger partial charge on any atom is -0.379 e. The Bertz CT molecular complexity index is 476. The van der Waals surface area contributed by atoms with Crippen molar-refractivity contribution in [1.82, 2.24) is 15.1 Å². The molecule has 0 radical (unpaired) electrons. The third-order valence-corrected chi connectivity index (χ3v) is 4.11. The molecule has 1 aliphatic heterocycles. The highest BCUT2D eigenvalue weighted by molar-refractivity contribution is 5.76. The van der Waals surface area contributed by atoms with Crippen molar-refractivity contribution in [3.8, 4) is 0 Å². The number of carbonyl (C=O) groups excluding carboxylic acids is 1. The molecule has 1 amide bonds. The summed E-state index contributed by atoms with van der Waals surface area (Å²) in [6, 6.07) is 0.248. The van der Waals surface area contributed by atoms with Gasteiger partial charge in [-0.05, 0) is 46.1 Å². The first kappa shape index (κ1) is 15.0. The molecule has 0 unspecified atom stereocenters. The Morgan fingerprint density at radius 1 is 1.50 bits per heavy atom. The van der Waals surface area contributed by atoms with E-state index in [-0.39, 0.29) is 18.0 Å². The van der Waals surface area contributed by atoms with Gasteiger partial charge in [0.05, 0.1) is 24.4 Å². The van der Waals surface area contributed by atoms with Crippen LogP contribution in [0.2, 0.25) is 0 Å². The third-order valence-electron chi connectivity index (χ3n) is 4.11. The van der Waals surface area contributed by atoms with Crippen LogP contribution in [0.25, 0.3) is 0 Å². The van der Waals surface area contributed by atoms with E-state index >= 15 is 0 Å². The van der Waals surface area contributed by atoms with E-state index in [9.17, 15) is 4.79 Å². The lowest BCUT2D eigenvalue weighted by Crippen LogP contribution is -2.41. The molecule has 2 atom stereocenters. The summed E-state index contributed by atoms with van der Waals surface area (Å²) >= 11 is 0. The normalized spacial score (nSPS) is 20.7. The highest BCUT2D eigenvalue weighted by Gasteiger charge is 2.20. The molecule has 112 valence electrons. The van der Waals surface area contributed by atoms with Gasteiger partial charge in [0.1, 0.15) is 0 Å². The summed E-state index contributed by atoms with van der Waals surface area (Å²) in [5, 5.41) is 7.58. The van der Waals surface area contributed by atoms with Gasteiger partial charge in [-0.15, -0.1) is 0 Å². The molecule has 5 heteroatoms. The molecule has 1 aromatic heterocycles. The van der Waals surface area contributed by atoms with Crippen LogP contribution in [0.3, 0.4) is 0 Å². The molecule has 0 spiro atoms. The maximum Gasteiger partial charge on any atom is 0.222 e. The van der Waals surface area contributed by atoms with Crippen molar-refractivity contribution in [2.24, 2.45) is 0 Å². The molecular formula is C15H25N3O2. The Balaban J connectivity index is 1.91. The number of aryl methyl sites for hydroxylation is 1. The summed E-state index contributed by atoms with van der Waals surface area (Å²) in [6.07, 6.45) is 2.49. The quantitative estimate of drug-likeness (QED) is 0.917. The molecular weight excluding hydrogens is 254 g/mol. The highest BCUT2D eigenvalue weighted by atomic mass is 16.5. The van der Waals surface area contributed by atoms with Gasteiger partial charge in [-0.25, -0.2) is 0 Å². The molecule has 0 saturated carbocycles. The first-order valence-corrected chi connectivity index (χ1v) is 7.38. The van der Waals surface area contributed by atoms with Gasteiger partial charge in [0.25, 0.3) is 0 Å². The van der Waals surface area contributed by atoms with Crippen LogP contribution < -0.4 is 5.32 Å². The molecule has 1 aliphatic rings. The second-order valence-corrected chi connectivity index (χ2v) is 5.78. The van der Waals surface area contributed by atoms with E-state index in [2.05, 4.69) is 24.3 Å². The van der Waals surface area contributed by atoms with Crippen LogP contribution in [-0.4, -0.2) is 34.9 Å². The Kier molecular flexibility index (Phi) is 4.81. The number of hydrogen-bond acceptors (Lipinski definition) is 3. The van der Waals surface area contributed by atoms with E-state index in [1.165, 1.54) is 5.56 Å². The van der Waals surface area contributed by atoms with E-state index in [1.807, 2.05) is 18.5 Å². The van der Waals surface area contributed by atoms with Crippen molar-refractivity contribution in [2.45, 2.75) is 59.0 Å². The van der Waals surface area contributed by atoms with E-state index in [0.717, 1.165) is 30.8 Å². The van der Waals surface area contributed by atoms with E-state index in [0.29, 0.717) is 13.0 Å². The van der Waals surface area contributed by atoms with E-state index in [4.69, 9.17) is 4.74 Å². The van der Waals surface area contributed by atoms with Crippen molar-refractivity contribution in [2.75, 3.05) is 13.2 Å². The fourth-order valence-electron chi connectivity index (χ4n) is 2.67. The van der Waals surface area contributed by atoms with Crippen molar-refractivity contribution in [3.63, 3.8) is 0 Å². The molecule has 20 heavy (non-hydrogen) atoms. The molecule has 1 fully saturated rings. The monoisotopic (exact) mass is 279 g/mol. The van der Waals surface area contributed by atoms with Crippen molar-refractivity contribution < 1.29 is 9.53 Å². The molecule has 2 heterocycles. The first-order chi connectivity index (χ1) is 9.49. The van der Waals surface area contributed by atoms with Gasteiger partial charge in [-0.2, -0.15) is 5.10 Å². The Hall–Kier alpha value is -1.36. The zero-order valence-corrected chi connectivity index (χ0v) is 12.9.